The van der Waals surface area contributed by atoms with Gasteiger partial charge in [-0.25, -0.2) is 8.78 Å². The lowest BCUT2D eigenvalue weighted by Crippen LogP contribution is -2.04. The van der Waals surface area contributed by atoms with E-state index in [0.29, 0.717) is 6.07 Å². The van der Waals surface area contributed by atoms with Gasteiger partial charge in [0.2, 0.25) is 0 Å². The third-order valence-corrected chi connectivity index (χ3v) is 2.36. The molecular weight excluding hydrogens is 258 g/mol. The Hall–Kier alpha value is -0.680. The highest BCUT2D eigenvalue weighted by Gasteiger charge is 2.17. The van der Waals surface area contributed by atoms with Gasteiger partial charge < -0.3 is 9.84 Å². The molecule has 2 nitrogen and oxygen atoms in total. The minimum atomic E-state index is -0.991. The van der Waals surface area contributed by atoms with Crippen LogP contribution < -0.4 is 4.74 Å². The molecule has 0 spiro atoms. The van der Waals surface area contributed by atoms with Gasteiger partial charge in [0.1, 0.15) is 5.82 Å². The lowest BCUT2D eigenvalue weighted by molar-refractivity contribution is 0.198. The second-order valence-corrected chi connectivity index (χ2v) is 3.33. The van der Waals surface area contributed by atoms with Crippen molar-refractivity contribution in [2.24, 2.45) is 0 Å². The van der Waals surface area contributed by atoms with Crippen molar-refractivity contribution in [3.05, 3.63) is 29.3 Å². The largest absolute Gasteiger partial charge is 0.493 e. The SMILES string of the molecule is COc1c(F)cc(F)cc1C(O)CBr. The van der Waals surface area contributed by atoms with Gasteiger partial charge in [-0.2, -0.15) is 0 Å². The number of benzene rings is 1. The minimum absolute atomic E-state index is 0.0990. The van der Waals surface area contributed by atoms with Gasteiger partial charge in [-0.1, -0.05) is 15.9 Å². The Morgan fingerprint density at radius 2 is 2.14 bits per heavy atom. The number of aliphatic hydroxyl groups is 1. The van der Waals surface area contributed by atoms with Gasteiger partial charge in [0.25, 0.3) is 0 Å². The van der Waals surface area contributed by atoms with Crippen LogP contribution in [0.2, 0.25) is 0 Å². The third kappa shape index (κ3) is 2.22. The molecule has 1 rings (SSSR count). The molecule has 0 aliphatic heterocycles. The molecule has 0 aliphatic carbocycles. The molecule has 78 valence electrons. The fourth-order valence-corrected chi connectivity index (χ4v) is 1.48. The molecule has 0 aliphatic rings. The van der Waals surface area contributed by atoms with E-state index in [1.54, 1.807) is 0 Å². The first-order chi connectivity index (χ1) is 6.60. The lowest BCUT2D eigenvalue weighted by Gasteiger charge is -2.13. The van der Waals surface area contributed by atoms with Crippen LogP contribution in [0.15, 0.2) is 12.1 Å². The van der Waals surface area contributed by atoms with Crippen LogP contribution in [-0.4, -0.2) is 17.5 Å². The lowest BCUT2D eigenvalue weighted by atomic mass is 10.1. The van der Waals surface area contributed by atoms with Crippen LogP contribution in [-0.2, 0) is 0 Å². The second-order valence-electron chi connectivity index (χ2n) is 2.68. The van der Waals surface area contributed by atoms with Crippen molar-refractivity contribution in [3.63, 3.8) is 0 Å². The number of hydrogen-bond donors (Lipinski definition) is 1. The molecule has 1 aromatic rings. The molecule has 1 N–H and O–H groups in total. The highest BCUT2D eigenvalue weighted by atomic mass is 79.9. The molecule has 0 saturated carbocycles. The Morgan fingerprint density at radius 3 is 2.64 bits per heavy atom. The molecule has 0 amide bonds. The Bertz CT molecular complexity index is 331. The first-order valence-electron chi connectivity index (χ1n) is 3.87. The van der Waals surface area contributed by atoms with Gasteiger partial charge in [0.05, 0.1) is 13.2 Å². The molecule has 1 unspecified atom stereocenters. The van der Waals surface area contributed by atoms with E-state index >= 15 is 0 Å². The molecule has 0 saturated heterocycles. The van der Waals surface area contributed by atoms with Crippen molar-refractivity contribution < 1.29 is 18.6 Å². The van der Waals surface area contributed by atoms with Gasteiger partial charge in [-0.05, 0) is 6.07 Å². The average molecular weight is 267 g/mol. The van der Waals surface area contributed by atoms with Crippen LogP contribution in [0.5, 0.6) is 5.75 Å². The predicted molar refractivity (Wildman–Crippen MR) is 51.7 cm³/mol. The van der Waals surface area contributed by atoms with E-state index in [4.69, 9.17) is 4.74 Å². The van der Waals surface area contributed by atoms with Gasteiger partial charge in [-0.15, -0.1) is 0 Å². The number of aliphatic hydroxyl groups excluding tert-OH is 1. The molecule has 0 bridgehead atoms. The van der Waals surface area contributed by atoms with E-state index in [-0.39, 0.29) is 16.6 Å². The summed E-state index contributed by atoms with van der Waals surface area (Å²) in [7, 11) is 1.26. The van der Waals surface area contributed by atoms with Crippen LogP contribution in [0, 0.1) is 11.6 Å². The first kappa shape index (κ1) is 11.4. The number of alkyl halides is 1. The monoisotopic (exact) mass is 266 g/mol. The zero-order valence-corrected chi connectivity index (χ0v) is 9.01. The molecular formula is C9H9BrF2O2. The summed E-state index contributed by atoms with van der Waals surface area (Å²) < 4.78 is 30.7. The van der Waals surface area contributed by atoms with E-state index in [1.165, 1.54) is 7.11 Å². The maximum atomic E-state index is 13.1. The van der Waals surface area contributed by atoms with Crippen molar-refractivity contribution >= 4 is 15.9 Å². The molecule has 14 heavy (non-hydrogen) atoms. The summed E-state index contributed by atoms with van der Waals surface area (Å²) in [4.78, 5) is 0. The van der Waals surface area contributed by atoms with E-state index < -0.39 is 17.7 Å². The Balaban J connectivity index is 3.24. The number of rotatable bonds is 3. The van der Waals surface area contributed by atoms with Gasteiger partial charge >= 0.3 is 0 Å². The van der Waals surface area contributed by atoms with Crippen LogP contribution in [0.25, 0.3) is 0 Å². The molecule has 1 aromatic carbocycles. The van der Waals surface area contributed by atoms with E-state index in [0.717, 1.165) is 6.07 Å². The van der Waals surface area contributed by atoms with Crippen molar-refractivity contribution in [1.82, 2.24) is 0 Å². The molecule has 0 heterocycles. The molecule has 5 heteroatoms. The Morgan fingerprint density at radius 1 is 1.50 bits per heavy atom. The standard InChI is InChI=1S/C9H9BrF2O2/c1-14-9-6(8(13)4-10)2-5(11)3-7(9)12/h2-3,8,13H,4H2,1H3. The fraction of sp³-hybridized carbons (Fsp3) is 0.333. The Labute approximate surface area is 88.6 Å². The topological polar surface area (TPSA) is 29.5 Å². The highest BCUT2D eigenvalue weighted by Crippen LogP contribution is 2.29. The van der Waals surface area contributed by atoms with Crippen molar-refractivity contribution in [2.75, 3.05) is 12.4 Å². The summed E-state index contributed by atoms with van der Waals surface area (Å²) in [6, 6.07) is 1.76. The highest BCUT2D eigenvalue weighted by molar-refractivity contribution is 9.09. The van der Waals surface area contributed by atoms with Crippen LogP contribution >= 0.6 is 15.9 Å². The average Bonchev–Trinajstić information content (AvgIpc) is 2.15. The molecule has 1 atom stereocenters. The maximum Gasteiger partial charge on any atom is 0.168 e. The zero-order valence-electron chi connectivity index (χ0n) is 7.43. The maximum absolute atomic E-state index is 13.1. The fourth-order valence-electron chi connectivity index (χ4n) is 1.13. The molecule has 0 fully saturated rings. The summed E-state index contributed by atoms with van der Waals surface area (Å²) in [5, 5.41) is 9.62. The second kappa shape index (κ2) is 4.70. The minimum Gasteiger partial charge on any atom is -0.493 e. The number of methoxy groups -OCH3 is 1. The molecule has 0 aromatic heterocycles. The number of halogens is 3. The quantitative estimate of drug-likeness (QED) is 0.852. The van der Waals surface area contributed by atoms with E-state index in [1.807, 2.05) is 0 Å². The van der Waals surface area contributed by atoms with Crippen LogP contribution in [0.1, 0.15) is 11.7 Å². The third-order valence-electron chi connectivity index (χ3n) is 1.75. The summed E-state index contributed by atoms with van der Waals surface area (Å²) in [5.41, 5.74) is 0.0990. The first-order valence-corrected chi connectivity index (χ1v) is 4.99. The van der Waals surface area contributed by atoms with E-state index in [9.17, 15) is 13.9 Å². The van der Waals surface area contributed by atoms with Crippen molar-refractivity contribution in [2.45, 2.75) is 6.10 Å². The van der Waals surface area contributed by atoms with Crippen LogP contribution in [0.4, 0.5) is 8.78 Å². The molecule has 0 radical (unpaired) electrons. The van der Waals surface area contributed by atoms with Gasteiger partial charge in [0, 0.05) is 17.0 Å². The summed E-state index contributed by atoms with van der Waals surface area (Å²) >= 11 is 3.01. The Kier molecular flexibility index (Phi) is 3.83. The van der Waals surface area contributed by atoms with Gasteiger partial charge in [0.15, 0.2) is 11.6 Å². The smallest absolute Gasteiger partial charge is 0.168 e. The van der Waals surface area contributed by atoms with Crippen LogP contribution in [0.3, 0.4) is 0 Å². The summed E-state index contributed by atoms with van der Waals surface area (Å²) in [5.74, 6) is -1.68. The van der Waals surface area contributed by atoms with Crippen molar-refractivity contribution in [1.29, 1.82) is 0 Å². The summed E-state index contributed by atoms with van der Waals surface area (Å²) in [6.45, 7) is 0. The predicted octanol–water partition coefficient (Wildman–Crippen LogP) is 2.40. The van der Waals surface area contributed by atoms with Gasteiger partial charge in [-0.3, -0.25) is 0 Å². The van der Waals surface area contributed by atoms with Crippen molar-refractivity contribution in [3.8, 4) is 5.75 Å². The van der Waals surface area contributed by atoms with E-state index in [2.05, 4.69) is 15.9 Å². The number of ether oxygens (including phenoxy) is 1. The zero-order chi connectivity index (χ0) is 10.7. The normalized spacial score (nSPS) is 12.6. The summed E-state index contributed by atoms with van der Waals surface area (Å²) in [6.07, 6.45) is -0.991. The number of hydrogen-bond acceptors (Lipinski definition) is 2.